The molecule has 0 saturated carbocycles. The molecule has 0 radical (unpaired) electrons. The largest absolute Gasteiger partial charge is 0.496 e. The van der Waals surface area contributed by atoms with Gasteiger partial charge in [-0.15, -0.1) is 0 Å². The number of ether oxygens (including phenoxy) is 3. The van der Waals surface area contributed by atoms with Crippen LogP contribution >= 0.6 is 11.6 Å². The molecule has 0 saturated heterocycles. The van der Waals surface area contributed by atoms with Crippen molar-refractivity contribution in [1.29, 1.82) is 0 Å². The van der Waals surface area contributed by atoms with E-state index in [-0.39, 0.29) is 0 Å². The summed E-state index contributed by atoms with van der Waals surface area (Å²) in [5.74, 6) is 1.23. The van der Waals surface area contributed by atoms with Gasteiger partial charge in [0.1, 0.15) is 5.75 Å². The number of carbonyl (C=O) groups excluding carboxylic acids is 1. The lowest BCUT2D eigenvalue weighted by Gasteiger charge is -2.09. The molecule has 0 aliphatic rings. The molecule has 0 unspecified atom stereocenters. The molecule has 1 amide bonds. The molecule has 0 atom stereocenters. The Morgan fingerprint density at radius 3 is 2.52 bits per heavy atom. The number of nitrogens with one attached hydrogen (secondary N) is 1. The maximum Gasteiger partial charge on any atom is 0.275 e. The van der Waals surface area contributed by atoms with Crippen LogP contribution in [0.5, 0.6) is 17.2 Å². The Balaban J connectivity index is 2.10. The van der Waals surface area contributed by atoms with E-state index < -0.39 is 5.91 Å². The number of halogens is 1. The van der Waals surface area contributed by atoms with Gasteiger partial charge in [0.2, 0.25) is 0 Å². The van der Waals surface area contributed by atoms with Gasteiger partial charge in [0.15, 0.2) is 11.5 Å². The van der Waals surface area contributed by atoms with Crippen molar-refractivity contribution in [3.63, 3.8) is 0 Å². The van der Waals surface area contributed by atoms with E-state index in [4.69, 9.17) is 25.8 Å². The number of nitrogens with zero attached hydrogens (tertiary/aromatic N) is 1. The van der Waals surface area contributed by atoms with E-state index in [1.807, 2.05) is 13.0 Å². The molecule has 7 heteroatoms. The number of hydrazone groups is 1. The Hall–Kier alpha value is -2.73. The summed E-state index contributed by atoms with van der Waals surface area (Å²) >= 11 is 5.92. The second kappa shape index (κ2) is 8.94. The number of benzene rings is 2. The summed E-state index contributed by atoms with van der Waals surface area (Å²) in [4.78, 5) is 12.2. The maximum absolute atomic E-state index is 12.2. The van der Waals surface area contributed by atoms with Crippen LogP contribution in [0.3, 0.4) is 0 Å². The third kappa shape index (κ3) is 4.87. The zero-order valence-electron chi connectivity index (χ0n) is 14.2. The molecule has 1 N–H and O–H groups in total. The maximum atomic E-state index is 12.2. The van der Waals surface area contributed by atoms with Crippen LogP contribution in [0.15, 0.2) is 41.5 Å². The average molecular weight is 363 g/mol. The third-order valence-corrected chi connectivity index (χ3v) is 3.51. The molecule has 2 aromatic rings. The first-order valence-electron chi connectivity index (χ1n) is 7.56. The van der Waals surface area contributed by atoms with Gasteiger partial charge in [-0.3, -0.25) is 4.79 Å². The Kier molecular flexibility index (Phi) is 6.65. The Morgan fingerprint density at radius 2 is 1.84 bits per heavy atom. The molecule has 2 aromatic carbocycles. The van der Waals surface area contributed by atoms with E-state index in [1.165, 1.54) is 19.4 Å². The topological polar surface area (TPSA) is 69.2 Å². The highest BCUT2D eigenvalue weighted by molar-refractivity contribution is 6.31. The van der Waals surface area contributed by atoms with Crippen molar-refractivity contribution >= 4 is 23.7 Å². The first-order valence-corrected chi connectivity index (χ1v) is 7.94. The molecule has 2 rings (SSSR count). The molecule has 0 aliphatic heterocycles. The first-order chi connectivity index (χ1) is 12.1. The predicted molar refractivity (Wildman–Crippen MR) is 97.2 cm³/mol. The third-order valence-electron chi connectivity index (χ3n) is 3.27. The minimum absolute atomic E-state index is 0.302. The standard InChI is InChI=1S/C18H19ClN2O4/c1-4-25-16-7-5-12(9-17(16)24-3)11-20-21-18(22)14-10-13(19)6-8-15(14)23-2/h5-11H,4H2,1-3H3,(H,21,22). The van der Waals surface area contributed by atoms with Crippen molar-refractivity contribution in [2.24, 2.45) is 5.10 Å². The van der Waals surface area contributed by atoms with E-state index in [0.717, 1.165) is 5.56 Å². The monoisotopic (exact) mass is 362 g/mol. The number of methoxy groups -OCH3 is 2. The fourth-order valence-electron chi connectivity index (χ4n) is 2.12. The number of carbonyl (C=O) groups is 1. The van der Waals surface area contributed by atoms with E-state index in [9.17, 15) is 4.79 Å². The number of rotatable bonds is 7. The predicted octanol–water partition coefficient (Wildman–Crippen LogP) is 3.52. The van der Waals surface area contributed by atoms with Crippen molar-refractivity contribution in [3.8, 4) is 17.2 Å². The van der Waals surface area contributed by atoms with Gasteiger partial charge in [-0.2, -0.15) is 5.10 Å². The Bertz CT molecular complexity index is 778. The molecule has 25 heavy (non-hydrogen) atoms. The van der Waals surface area contributed by atoms with Gasteiger partial charge >= 0.3 is 0 Å². The van der Waals surface area contributed by atoms with Crippen LogP contribution in [0.4, 0.5) is 0 Å². The van der Waals surface area contributed by atoms with E-state index in [0.29, 0.717) is 34.4 Å². The summed E-state index contributed by atoms with van der Waals surface area (Å²) in [7, 11) is 3.04. The SMILES string of the molecule is CCOc1ccc(C=NNC(=O)c2cc(Cl)ccc2OC)cc1OC. The van der Waals surface area contributed by atoms with Crippen molar-refractivity contribution in [2.45, 2.75) is 6.92 Å². The molecule has 132 valence electrons. The second-order valence-electron chi connectivity index (χ2n) is 4.89. The molecular weight excluding hydrogens is 344 g/mol. The first kappa shape index (κ1) is 18.6. The number of hydrogen-bond donors (Lipinski definition) is 1. The summed E-state index contributed by atoms with van der Waals surface area (Å²) in [6, 6.07) is 10.1. The summed E-state index contributed by atoms with van der Waals surface area (Å²) in [5.41, 5.74) is 3.50. The minimum atomic E-state index is -0.423. The smallest absolute Gasteiger partial charge is 0.275 e. The quantitative estimate of drug-likeness (QED) is 0.604. The van der Waals surface area contributed by atoms with Crippen LogP contribution in [0, 0.1) is 0 Å². The van der Waals surface area contributed by atoms with Gasteiger partial charge in [0.25, 0.3) is 5.91 Å². The van der Waals surface area contributed by atoms with E-state index in [2.05, 4.69) is 10.5 Å². The minimum Gasteiger partial charge on any atom is -0.496 e. The second-order valence-corrected chi connectivity index (χ2v) is 5.32. The average Bonchev–Trinajstić information content (AvgIpc) is 2.62. The van der Waals surface area contributed by atoms with Crippen LogP contribution in [-0.4, -0.2) is 32.9 Å². The zero-order valence-corrected chi connectivity index (χ0v) is 15.0. The normalized spacial score (nSPS) is 10.6. The number of amides is 1. The highest BCUT2D eigenvalue weighted by Gasteiger charge is 2.12. The van der Waals surface area contributed by atoms with Crippen molar-refractivity contribution in [1.82, 2.24) is 5.43 Å². The van der Waals surface area contributed by atoms with Crippen molar-refractivity contribution in [2.75, 3.05) is 20.8 Å². The van der Waals surface area contributed by atoms with Gasteiger partial charge in [-0.1, -0.05) is 11.6 Å². The van der Waals surface area contributed by atoms with Crippen molar-refractivity contribution < 1.29 is 19.0 Å². The fraction of sp³-hybridized carbons (Fsp3) is 0.222. The van der Waals surface area contributed by atoms with Gasteiger partial charge in [0, 0.05) is 5.02 Å². The summed E-state index contributed by atoms with van der Waals surface area (Å²) in [6.45, 7) is 2.44. The van der Waals surface area contributed by atoms with Gasteiger partial charge in [-0.05, 0) is 48.9 Å². The highest BCUT2D eigenvalue weighted by Crippen LogP contribution is 2.27. The fourth-order valence-corrected chi connectivity index (χ4v) is 2.29. The van der Waals surface area contributed by atoms with Crippen molar-refractivity contribution in [3.05, 3.63) is 52.5 Å². The Morgan fingerprint density at radius 1 is 1.12 bits per heavy atom. The number of hydrogen-bond acceptors (Lipinski definition) is 5. The van der Waals surface area contributed by atoms with E-state index >= 15 is 0 Å². The van der Waals surface area contributed by atoms with Crippen LogP contribution in [0.25, 0.3) is 0 Å². The summed E-state index contributed by atoms with van der Waals surface area (Å²) in [6.07, 6.45) is 1.51. The highest BCUT2D eigenvalue weighted by atomic mass is 35.5. The molecule has 0 aromatic heterocycles. The molecule has 0 spiro atoms. The lowest BCUT2D eigenvalue weighted by atomic mass is 10.2. The molecule has 0 heterocycles. The molecule has 6 nitrogen and oxygen atoms in total. The zero-order chi connectivity index (χ0) is 18.2. The van der Waals surface area contributed by atoms with Crippen LogP contribution in [0.1, 0.15) is 22.8 Å². The lowest BCUT2D eigenvalue weighted by Crippen LogP contribution is -2.18. The molecule has 0 aliphatic carbocycles. The van der Waals surface area contributed by atoms with Gasteiger partial charge in [0.05, 0.1) is 32.6 Å². The Labute approximate surface area is 151 Å². The van der Waals surface area contributed by atoms with Crippen LogP contribution in [-0.2, 0) is 0 Å². The van der Waals surface area contributed by atoms with Gasteiger partial charge < -0.3 is 14.2 Å². The van der Waals surface area contributed by atoms with E-state index in [1.54, 1.807) is 31.4 Å². The van der Waals surface area contributed by atoms with Gasteiger partial charge in [-0.25, -0.2) is 5.43 Å². The molecule has 0 bridgehead atoms. The summed E-state index contributed by atoms with van der Waals surface area (Å²) < 4.78 is 15.9. The van der Waals surface area contributed by atoms with Crippen LogP contribution in [0.2, 0.25) is 5.02 Å². The molecular formula is C18H19ClN2O4. The lowest BCUT2D eigenvalue weighted by molar-refractivity contribution is 0.0952. The molecule has 0 fully saturated rings. The summed E-state index contributed by atoms with van der Waals surface area (Å²) in [5, 5.41) is 4.39. The van der Waals surface area contributed by atoms with Crippen LogP contribution < -0.4 is 19.6 Å².